The molecule has 1 unspecified atom stereocenters. The van der Waals surface area contributed by atoms with Crippen molar-refractivity contribution in [1.82, 2.24) is 25.4 Å². The summed E-state index contributed by atoms with van der Waals surface area (Å²) in [7, 11) is 1.73. The summed E-state index contributed by atoms with van der Waals surface area (Å²) in [4.78, 5) is 8.62. The molecule has 2 heterocycles. The van der Waals surface area contributed by atoms with E-state index in [4.69, 9.17) is 23.2 Å². The smallest absolute Gasteiger partial charge is 0.191 e. The molecule has 0 amide bonds. The van der Waals surface area contributed by atoms with Crippen LogP contribution in [-0.4, -0.2) is 27.8 Å². The van der Waals surface area contributed by atoms with Gasteiger partial charge in [0, 0.05) is 42.2 Å². The maximum absolute atomic E-state index is 6.29. The van der Waals surface area contributed by atoms with Crippen LogP contribution in [-0.2, 0) is 6.54 Å². The maximum Gasteiger partial charge on any atom is 0.191 e. The highest BCUT2D eigenvalue weighted by molar-refractivity contribution is 14.0. The first-order valence-corrected chi connectivity index (χ1v) is 9.19. The zero-order valence-corrected chi connectivity index (χ0v) is 19.3. The number of guanidine groups is 1. The molecule has 0 aliphatic carbocycles. The first-order chi connectivity index (χ1) is 13.1. The zero-order chi connectivity index (χ0) is 19.2. The summed E-state index contributed by atoms with van der Waals surface area (Å²) in [6.45, 7) is 2.61. The molecule has 0 radical (unpaired) electrons. The van der Waals surface area contributed by atoms with E-state index >= 15 is 0 Å². The second-order valence-electron chi connectivity index (χ2n) is 5.93. The Hall–Kier alpha value is -1.84. The lowest BCUT2D eigenvalue weighted by molar-refractivity contribution is 0.685. The van der Waals surface area contributed by atoms with Crippen LogP contribution < -0.4 is 10.6 Å². The van der Waals surface area contributed by atoms with E-state index in [1.807, 2.05) is 43.5 Å². The molecule has 3 rings (SSSR count). The number of benzene rings is 1. The molecule has 1 atom stereocenters. The first kappa shape index (κ1) is 22.4. The van der Waals surface area contributed by atoms with E-state index in [1.165, 1.54) is 0 Å². The quantitative estimate of drug-likeness (QED) is 0.287. The lowest BCUT2D eigenvalue weighted by atomic mass is 10.1. The highest BCUT2D eigenvalue weighted by atomic mass is 127. The Morgan fingerprint density at radius 3 is 2.71 bits per heavy atom. The van der Waals surface area contributed by atoms with Crippen LogP contribution in [0.4, 0.5) is 0 Å². The average Bonchev–Trinajstić information content (AvgIpc) is 3.20. The van der Waals surface area contributed by atoms with Gasteiger partial charge in [-0.25, -0.2) is 9.67 Å². The number of nitrogens with one attached hydrogen (secondary N) is 2. The summed E-state index contributed by atoms with van der Waals surface area (Å²) < 4.78 is 1.72. The van der Waals surface area contributed by atoms with E-state index in [2.05, 4.69) is 25.7 Å². The molecule has 9 heteroatoms. The molecule has 0 saturated carbocycles. The topological polar surface area (TPSA) is 67.1 Å². The molecule has 0 aliphatic heterocycles. The fourth-order valence-electron chi connectivity index (χ4n) is 2.62. The molecule has 0 saturated heterocycles. The number of nitrogens with zero attached hydrogens (tertiary/aromatic N) is 4. The third kappa shape index (κ3) is 5.83. The Morgan fingerprint density at radius 2 is 2.04 bits per heavy atom. The molecular weight excluding hydrogens is 510 g/mol. The average molecular weight is 531 g/mol. The van der Waals surface area contributed by atoms with Crippen molar-refractivity contribution in [3.63, 3.8) is 0 Å². The lowest BCUT2D eigenvalue weighted by Gasteiger charge is -2.19. The SMILES string of the molecule is CN=C(NCc1ccnc(-n2cccn2)c1)NC(C)c1ccc(Cl)cc1Cl.I. The largest absolute Gasteiger partial charge is 0.352 e. The molecule has 0 aliphatic rings. The van der Waals surface area contributed by atoms with E-state index < -0.39 is 0 Å². The predicted molar refractivity (Wildman–Crippen MR) is 125 cm³/mol. The van der Waals surface area contributed by atoms with Gasteiger partial charge >= 0.3 is 0 Å². The van der Waals surface area contributed by atoms with Gasteiger partial charge in [-0.1, -0.05) is 29.3 Å². The van der Waals surface area contributed by atoms with Crippen molar-refractivity contribution in [2.45, 2.75) is 19.5 Å². The molecule has 148 valence electrons. The Kier molecular flexibility index (Phi) is 8.53. The Labute approximate surface area is 191 Å². The van der Waals surface area contributed by atoms with E-state index in [-0.39, 0.29) is 30.0 Å². The Bertz CT molecular complexity index is 930. The van der Waals surface area contributed by atoms with Gasteiger partial charge in [-0.05, 0) is 48.4 Å². The Morgan fingerprint density at radius 1 is 1.21 bits per heavy atom. The van der Waals surface area contributed by atoms with Crippen LogP contribution in [0.25, 0.3) is 5.82 Å². The van der Waals surface area contributed by atoms with Gasteiger partial charge in [0.05, 0.1) is 6.04 Å². The summed E-state index contributed by atoms with van der Waals surface area (Å²) in [5, 5.41) is 12.1. The van der Waals surface area contributed by atoms with E-state index in [9.17, 15) is 0 Å². The van der Waals surface area contributed by atoms with Gasteiger partial charge in [-0.15, -0.1) is 24.0 Å². The number of aliphatic imine (C=N–C) groups is 1. The zero-order valence-electron chi connectivity index (χ0n) is 15.4. The van der Waals surface area contributed by atoms with Gasteiger partial charge in [-0.3, -0.25) is 4.99 Å². The summed E-state index contributed by atoms with van der Waals surface area (Å²) in [6.07, 6.45) is 5.35. The molecule has 0 spiro atoms. The summed E-state index contributed by atoms with van der Waals surface area (Å²) >= 11 is 12.3. The van der Waals surface area contributed by atoms with Crippen LogP contribution in [0, 0.1) is 0 Å². The molecule has 3 aromatic rings. The van der Waals surface area contributed by atoms with Crippen LogP contribution in [0.15, 0.2) is 60.0 Å². The summed E-state index contributed by atoms with van der Waals surface area (Å²) in [5.74, 6) is 1.44. The third-order valence-corrected chi connectivity index (χ3v) is 4.58. The third-order valence-electron chi connectivity index (χ3n) is 4.01. The minimum atomic E-state index is -0.0296. The van der Waals surface area contributed by atoms with Crippen LogP contribution in [0.1, 0.15) is 24.1 Å². The van der Waals surface area contributed by atoms with Crippen LogP contribution in [0.5, 0.6) is 0 Å². The van der Waals surface area contributed by atoms with E-state index in [0.717, 1.165) is 16.9 Å². The predicted octanol–water partition coefficient (Wildman–Crippen LogP) is 4.62. The molecule has 1 aromatic carbocycles. The minimum Gasteiger partial charge on any atom is -0.352 e. The van der Waals surface area contributed by atoms with Crippen LogP contribution >= 0.6 is 47.2 Å². The molecule has 2 aromatic heterocycles. The van der Waals surface area contributed by atoms with Crippen molar-refractivity contribution in [3.05, 3.63) is 76.2 Å². The highest BCUT2D eigenvalue weighted by Gasteiger charge is 2.12. The lowest BCUT2D eigenvalue weighted by Crippen LogP contribution is -2.38. The second-order valence-corrected chi connectivity index (χ2v) is 6.77. The first-order valence-electron chi connectivity index (χ1n) is 8.44. The van der Waals surface area contributed by atoms with Gasteiger partial charge in [-0.2, -0.15) is 5.10 Å². The standard InChI is InChI=1S/C19H20Cl2N6.HI/c1-13(16-5-4-15(20)11-17(16)21)26-19(22-2)24-12-14-6-8-23-18(10-14)27-9-3-7-25-27;/h3-11,13H,12H2,1-2H3,(H2,22,24,26);1H. The van der Waals surface area contributed by atoms with Gasteiger partial charge < -0.3 is 10.6 Å². The van der Waals surface area contributed by atoms with Crippen molar-refractivity contribution >= 4 is 53.1 Å². The monoisotopic (exact) mass is 530 g/mol. The number of halogens is 3. The highest BCUT2D eigenvalue weighted by Crippen LogP contribution is 2.26. The van der Waals surface area contributed by atoms with Crippen molar-refractivity contribution in [1.29, 1.82) is 0 Å². The van der Waals surface area contributed by atoms with Gasteiger partial charge in [0.2, 0.25) is 0 Å². The number of hydrogen-bond acceptors (Lipinski definition) is 3. The van der Waals surface area contributed by atoms with Crippen molar-refractivity contribution in [2.75, 3.05) is 7.05 Å². The molecule has 2 N–H and O–H groups in total. The maximum atomic E-state index is 6.29. The molecular formula is C19H21Cl2IN6. The van der Waals surface area contributed by atoms with E-state index in [0.29, 0.717) is 22.5 Å². The van der Waals surface area contributed by atoms with Crippen LogP contribution in [0.2, 0.25) is 10.0 Å². The van der Waals surface area contributed by atoms with Crippen LogP contribution in [0.3, 0.4) is 0 Å². The summed E-state index contributed by atoms with van der Waals surface area (Å²) in [6, 6.07) is 11.2. The molecule has 28 heavy (non-hydrogen) atoms. The Balaban J connectivity index is 0.00000280. The van der Waals surface area contributed by atoms with Crippen molar-refractivity contribution < 1.29 is 0 Å². The molecule has 6 nitrogen and oxygen atoms in total. The molecule has 0 fully saturated rings. The number of hydrogen-bond donors (Lipinski definition) is 2. The van der Waals surface area contributed by atoms with Gasteiger partial charge in [0.1, 0.15) is 0 Å². The van der Waals surface area contributed by atoms with Crippen molar-refractivity contribution in [2.24, 2.45) is 4.99 Å². The number of aromatic nitrogens is 3. The fraction of sp³-hybridized carbons (Fsp3) is 0.211. The number of pyridine rings is 1. The summed E-state index contributed by atoms with van der Waals surface area (Å²) in [5.41, 5.74) is 2.02. The second kappa shape index (κ2) is 10.6. The van der Waals surface area contributed by atoms with Gasteiger partial charge in [0.25, 0.3) is 0 Å². The van der Waals surface area contributed by atoms with Gasteiger partial charge in [0.15, 0.2) is 11.8 Å². The minimum absolute atomic E-state index is 0. The van der Waals surface area contributed by atoms with Crippen molar-refractivity contribution in [3.8, 4) is 5.82 Å². The molecule has 0 bridgehead atoms. The fourth-order valence-corrected chi connectivity index (χ4v) is 3.19. The number of rotatable bonds is 5. The normalized spacial score (nSPS) is 12.2. The van der Waals surface area contributed by atoms with E-state index in [1.54, 1.807) is 30.2 Å².